The van der Waals surface area contributed by atoms with Gasteiger partial charge in [0, 0.05) is 0 Å². The van der Waals surface area contributed by atoms with Crippen molar-refractivity contribution < 1.29 is 9.16 Å². The first kappa shape index (κ1) is 10.9. The summed E-state index contributed by atoms with van der Waals surface area (Å²) >= 11 is 0. The van der Waals surface area contributed by atoms with Crippen LogP contribution in [0.1, 0.15) is 20.8 Å². The minimum atomic E-state index is -0.123. The molecule has 0 atom stereocenters. The fraction of sp³-hybridized carbons (Fsp3) is 0.750. The Morgan fingerprint density at radius 1 is 1.55 bits per heavy atom. The first-order valence-corrected chi connectivity index (χ1v) is 4.57. The highest BCUT2D eigenvalue weighted by Crippen LogP contribution is 2.07. The van der Waals surface area contributed by atoms with E-state index in [-0.39, 0.29) is 5.60 Å². The molecule has 0 aliphatic carbocycles. The van der Waals surface area contributed by atoms with Gasteiger partial charge < -0.3 is 9.16 Å². The van der Waals surface area contributed by atoms with Crippen LogP contribution in [-0.2, 0) is 9.16 Å². The molecule has 0 aromatic carbocycles. The van der Waals surface area contributed by atoms with Crippen LogP contribution in [0.5, 0.6) is 0 Å². The van der Waals surface area contributed by atoms with Crippen LogP contribution >= 0.6 is 0 Å². The Balaban J connectivity index is 3.45. The van der Waals surface area contributed by atoms with Crippen LogP contribution in [0.15, 0.2) is 12.2 Å². The largest absolute Gasteiger partial charge is 0.421 e. The van der Waals surface area contributed by atoms with Crippen molar-refractivity contribution in [2.45, 2.75) is 26.4 Å². The molecule has 0 aromatic rings. The summed E-state index contributed by atoms with van der Waals surface area (Å²) in [7, 11) is 0.758. The Bertz CT molecular complexity index is 132. The number of rotatable bonds is 5. The van der Waals surface area contributed by atoms with E-state index in [0.717, 1.165) is 16.1 Å². The second-order valence-corrected chi connectivity index (χ2v) is 3.82. The highest BCUT2D eigenvalue weighted by molar-refractivity contribution is 5.98. The Morgan fingerprint density at radius 3 is 2.45 bits per heavy atom. The smallest absolute Gasteiger partial charge is 0.146 e. The molecule has 0 bridgehead atoms. The van der Waals surface area contributed by atoms with Crippen molar-refractivity contribution in [1.82, 2.24) is 0 Å². The molecular formula is C8H18O2Si. The van der Waals surface area contributed by atoms with Gasteiger partial charge in [-0.15, -0.1) is 0 Å². The van der Waals surface area contributed by atoms with Gasteiger partial charge in [0.15, 0.2) is 0 Å². The van der Waals surface area contributed by atoms with Crippen LogP contribution < -0.4 is 0 Å². The van der Waals surface area contributed by atoms with Crippen molar-refractivity contribution in [1.29, 1.82) is 0 Å². The van der Waals surface area contributed by atoms with Crippen molar-refractivity contribution in [3.63, 3.8) is 0 Å². The van der Waals surface area contributed by atoms with E-state index >= 15 is 0 Å². The van der Waals surface area contributed by atoms with Crippen molar-refractivity contribution in [3.8, 4) is 0 Å². The molecule has 66 valence electrons. The maximum atomic E-state index is 5.35. The van der Waals surface area contributed by atoms with E-state index in [1.165, 1.54) is 0 Å². The molecule has 0 saturated heterocycles. The topological polar surface area (TPSA) is 18.5 Å². The summed E-state index contributed by atoms with van der Waals surface area (Å²) in [5.41, 5.74) is 0.927. The van der Waals surface area contributed by atoms with E-state index < -0.39 is 0 Å². The van der Waals surface area contributed by atoms with Crippen LogP contribution in [-0.4, -0.2) is 29.3 Å². The summed E-state index contributed by atoms with van der Waals surface area (Å²) in [5.74, 6) is 0. The normalized spacial score (nSPS) is 11.9. The molecule has 0 saturated carbocycles. The van der Waals surface area contributed by atoms with Gasteiger partial charge >= 0.3 is 0 Å². The monoisotopic (exact) mass is 174 g/mol. The van der Waals surface area contributed by atoms with Gasteiger partial charge in [0.05, 0.1) is 18.8 Å². The van der Waals surface area contributed by atoms with Crippen LogP contribution in [0.2, 0.25) is 0 Å². The molecule has 0 N–H and O–H groups in total. The summed E-state index contributed by atoms with van der Waals surface area (Å²) in [6, 6.07) is 0. The Labute approximate surface area is 72.1 Å². The van der Waals surface area contributed by atoms with Crippen LogP contribution in [0.4, 0.5) is 0 Å². The molecule has 0 fully saturated rings. The molecule has 0 unspecified atom stereocenters. The molecule has 0 heterocycles. The zero-order valence-electron chi connectivity index (χ0n) is 7.94. The molecule has 0 aromatic heterocycles. The lowest BCUT2D eigenvalue weighted by molar-refractivity contribution is 0.00960. The number of hydrogen-bond acceptors (Lipinski definition) is 2. The van der Waals surface area contributed by atoms with E-state index in [1.807, 2.05) is 20.8 Å². The van der Waals surface area contributed by atoms with E-state index in [1.54, 1.807) is 0 Å². The minimum absolute atomic E-state index is 0.123. The molecule has 0 amide bonds. The molecule has 0 radical (unpaired) electrons. The van der Waals surface area contributed by atoms with E-state index in [4.69, 9.17) is 9.16 Å². The molecule has 3 heteroatoms. The second-order valence-electron chi connectivity index (χ2n) is 3.41. The maximum Gasteiger partial charge on any atom is 0.146 e. The fourth-order valence-electron chi connectivity index (χ4n) is 0.530. The van der Waals surface area contributed by atoms with Gasteiger partial charge in [-0.25, -0.2) is 0 Å². The highest BCUT2D eigenvalue weighted by atomic mass is 28.2. The maximum absolute atomic E-state index is 5.35. The van der Waals surface area contributed by atoms with Gasteiger partial charge in [0.1, 0.15) is 10.5 Å². The Hall–Kier alpha value is -0.123. The third kappa shape index (κ3) is 6.28. The fourth-order valence-corrected chi connectivity index (χ4v) is 0.648. The lowest BCUT2D eigenvalue weighted by Crippen LogP contribution is -2.29. The predicted octanol–water partition coefficient (Wildman–Crippen LogP) is 0.655. The van der Waals surface area contributed by atoms with E-state index in [2.05, 4.69) is 6.58 Å². The van der Waals surface area contributed by atoms with E-state index in [0.29, 0.717) is 13.2 Å². The average molecular weight is 174 g/mol. The third-order valence-corrected chi connectivity index (χ3v) is 2.46. The Kier molecular flexibility index (Phi) is 4.64. The minimum Gasteiger partial charge on any atom is -0.421 e. The molecular weight excluding hydrogens is 156 g/mol. The third-order valence-electron chi connectivity index (χ3n) is 1.35. The van der Waals surface area contributed by atoms with Crippen molar-refractivity contribution in [2.75, 3.05) is 13.2 Å². The summed E-state index contributed by atoms with van der Waals surface area (Å²) in [4.78, 5) is 0. The molecule has 0 rings (SSSR count). The summed E-state index contributed by atoms with van der Waals surface area (Å²) in [5, 5.41) is 0. The zero-order valence-corrected chi connectivity index (χ0v) is 9.94. The SMILES string of the molecule is C=C(C)COCC(C)(C)O[SiH3]. The summed E-state index contributed by atoms with van der Waals surface area (Å²) < 4.78 is 10.7. The number of ether oxygens (including phenoxy) is 1. The zero-order chi connectivity index (χ0) is 8.91. The molecule has 0 aliphatic heterocycles. The molecule has 0 spiro atoms. The van der Waals surface area contributed by atoms with Gasteiger partial charge in [-0.3, -0.25) is 0 Å². The predicted molar refractivity (Wildman–Crippen MR) is 50.7 cm³/mol. The average Bonchev–Trinajstić information content (AvgIpc) is 1.87. The quantitative estimate of drug-likeness (QED) is 0.450. The van der Waals surface area contributed by atoms with Crippen molar-refractivity contribution in [3.05, 3.63) is 12.2 Å². The van der Waals surface area contributed by atoms with E-state index in [9.17, 15) is 0 Å². The van der Waals surface area contributed by atoms with Crippen LogP contribution in [0.25, 0.3) is 0 Å². The van der Waals surface area contributed by atoms with Crippen LogP contribution in [0, 0.1) is 0 Å². The molecule has 0 aliphatic rings. The van der Waals surface area contributed by atoms with Crippen molar-refractivity contribution >= 4 is 10.5 Å². The van der Waals surface area contributed by atoms with Gasteiger partial charge in [-0.05, 0) is 20.8 Å². The summed E-state index contributed by atoms with van der Waals surface area (Å²) in [6.45, 7) is 11.0. The Morgan fingerprint density at radius 2 is 2.09 bits per heavy atom. The number of hydrogen-bond donors (Lipinski definition) is 0. The lowest BCUT2D eigenvalue weighted by atomic mass is 10.2. The van der Waals surface area contributed by atoms with Crippen molar-refractivity contribution in [2.24, 2.45) is 0 Å². The van der Waals surface area contributed by atoms with Gasteiger partial charge in [-0.1, -0.05) is 12.2 Å². The standard InChI is InChI=1S/C8H18O2Si/c1-7(2)5-9-6-8(3,4)10-11/h1,5-6H2,2-4,11H3. The molecule has 11 heavy (non-hydrogen) atoms. The second kappa shape index (κ2) is 4.69. The first-order valence-electron chi connectivity index (χ1n) is 3.75. The lowest BCUT2D eigenvalue weighted by Gasteiger charge is -2.23. The van der Waals surface area contributed by atoms with Crippen LogP contribution in [0.3, 0.4) is 0 Å². The van der Waals surface area contributed by atoms with Gasteiger partial charge in [-0.2, -0.15) is 0 Å². The molecule has 2 nitrogen and oxygen atoms in total. The summed E-state index contributed by atoms with van der Waals surface area (Å²) in [6.07, 6.45) is 0. The highest BCUT2D eigenvalue weighted by Gasteiger charge is 2.14. The van der Waals surface area contributed by atoms with Gasteiger partial charge in [0.2, 0.25) is 0 Å². The van der Waals surface area contributed by atoms with Gasteiger partial charge in [0.25, 0.3) is 0 Å². The first-order chi connectivity index (χ1) is 4.98.